The summed E-state index contributed by atoms with van der Waals surface area (Å²) < 4.78 is 17.4. The Labute approximate surface area is 211 Å². The van der Waals surface area contributed by atoms with E-state index in [1.54, 1.807) is 26.4 Å². The van der Waals surface area contributed by atoms with Crippen molar-refractivity contribution in [1.29, 1.82) is 0 Å². The van der Waals surface area contributed by atoms with Gasteiger partial charge in [0.25, 0.3) is 0 Å². The van der Waals surface area contributed by atoms with Gasteiger partial charge in [-0.3, -0.25) is 0 Å². The van der Waals surface area contributed by atoms with Gasteiger partial charge in [0, 0.05) is 36.5 Å². The van der Waals surface area contributed by atoms with E-state index in [1.807, 2.05) is 85.7 Å². The maximum Gasteiger partial charge on any atom is 0.161 e. The second-order valence-corrected chi connectivity index (χ2v) is 8.57. The highest BCUT2D eigenvalue weighted by Crippen LogP contribution is 2.46. The fourth-order valence-corrected chi connectivity index (χ4v) is 4.24. The molecule has 4 aromatic carbocycles. The predicted octanol–water partition coefficient (Wildman–Crippen LogP) is 5.88. The van der Waals surface area contributed by atoms with Gasteiger partial charge in [-0.25, -0.2) is 0 Å². The Kier molecular flexibility index (Phi) is 7.66. The number of ether oxygens (including phenoxy) is 3. The summed E-state index contributed by atoms with van der Waals surface area (Å²) in [6.45, 7) is 0.0690. The van der Waals surface area contributed by atoms with Gasteiger partial charge in [0.05, 0.1) is 20.8 Å². The van der Waals surface area contributed by atoms with Gasteiger partial charge in [-0.05, 0) is 47.0 Å². The molecule has 0 atom stereocenters. The average molecular weight is 486 g/mol. The summed E-state index contributed by atoms with van der Waals surface area (Å²) in [4.78, 5) is 2.03. The molecule has 0 saturated heterocycles. The molecule has 0 amide bonds. The van der Waals surface area contributed by atoms with E-state index in [1.165, 1.54) is 0 Å². The maximum atomic E-state index is 10.7. The lowest BCUT2D eigenvalue weighted by Gasteiger charge is -2.21. The van der Waals surface area contributed by atoms with Gasteiger partial charge in [0.1, 0.15) is 18.1 Å². The van der Waals surface area contributed by atoms with Crippen LogP contribution in [0.25, 0.3) is 22.3 Å². The molecule has 0 unspecified atom stereocenters. The lowest BCUT2D eigenvalue weighted by atomic mass is 9.92. The van der Waals surface area contributed by atoms with E-state index >= 15 is 0 Å². The Bertz CT molecular complexity index is 1320. The summed E-state index contributed by atoms with van der Waals surface area (Å²) in [6, 6.07) is 24.9. The molecule has 0 fully saturated rings. The summed E-state index contributed by atoms with van der Waals surface area (Å²) >= 11 is 0. The van der Waals surface area contributed by atoms with Crippen molar-refractivity contribution >= 4 is 5.69 Å². The number of aromatic hydroxyl groups is 1. The minimum absolute atomic E-state index is 0.00306. The number of nitrogens with zero attached hydrogens (tertiary/aromatic N) is 1. The van der Waals surface area contributed by atoms with Crippen LogP contribution in [0.15, 0.2) is 78.9 Å². The van der Waals surface area contributed by atoms with Crippen LogP contribution in [0, 0.1) is 0 Å². The molecule has 0 spiro atoms. The number of benzene rings is 4. The van der Waals surface area contributed by atoms with Crippen molar-refractivity contribution in [2.75, 3.05) is 33.2 Å². The zero-order chi connectivity index (χ0) is 25.7. The quantitative estimate of drug-likeness (QED) is 0.308. The number of hydrogen-bond donors (Lipinski definition) is 2. The third-order valence-corrected chi connectivity index (χ3v) is 6.10. The van der Waals surface area contributed by atoms with E-state index in [4.69, 9.17) is 14.2 Å². The molecule has 6 nitrogen and oxygen atoms in total. The van der Waals surface area contributed by atoms with Gasteiger partial charge >= 0.3 is 0 Å². The fraction of sp³-hybridized carbons (Fsp3) is 0.200. The molecular formula is C30H31NO5. The summed E-state index contributed by atoms with van der Waals surface area (Å²) in [5.41, 5.74) is 5.71. The normalized spacial score (nSPS) is 10.7. The Hall–Kier alpha value is -4.16. The number of aliphatic hydroxyl groups excluding tert-OH is 1. The van der Waals surface area contributed by atoms with Gasteiger partial charge in [0.15, 0.2) is 11.5 Å². The lowest BCUT2D eigenvalue weighted by Crippen LogP contribution is -2.08. The molecule has 186 valence electrons. The number of hydrogen-bond acceptors (Lipinski definition) is 6. The second-order valence-electron chi connectivity index (χ2n) is 8.57. The number of anilines is 1. The van der Waals surface area contributed by atoms with Crippen LogP contribution in [0.3, 0.4) is 0 Å². The Balaban J connectivity index is 1.75. The average Bonchev–Trinajstić information content (AvgIpc) is 2.91. The molecule has 0 heterocycles. The van der Waals surface area contributed by atoms with Crippen LogP contribution in [-0.2, 0) is 13.2 Å². The van der Waals surface area contributed by atoms with Crippen molar-refractivity contribution in [1.82, 2.24) is 0 Å². The smallest absolute Gasteiger partial charge is 0.161 e. The number of aliphatic hydroxyl groups is 1. The SMILES string of the molecule is COc1cc(-c2ccc(N(C)C)cc2)c(OC)c(CO)c1-c1ccc(OCc2ccccc2)c(O)c1. The van der Waals surface area contributed by atoms with E-state index in [0.717, 1.165) is 22.4 Å². The highest BCUT2D eigenvalue weighted by molar-refractivity contribution is 5.86. The second kappa shape index (κ2) is 11.1. The summed E-state index contributed by atoms with van der Waals surface area (Å²) in [5, 5.41) is 21.1. The molecule has 0 saturated carbocycles. The van der Waals surface area contributed by atoms with E-state index in [0.29, 0.717) is 40.5 Å². The van der Waals surface area contributed by atoms with Crippen molar-refractivity contribution in [3.63, 3.8) is 0 Å². The van der Waals surface area contributed by atoms with Gasteiger partial charge in [-0.15, -0.1) is 0 Å². The minimum atomic E-state index is -0.272. The number of phenolic OH excluding ortho intramolecular Hbond substituents is 1. The van der Waals surface area contributed by atoms with Crippen molar-refractivity contribution in [2.45, 2.75) is 13.2 Å². The van der Waals surface area contributed by atoms with Gasteiger partial charge in [-0.2, -0.15) is 0 Å². The molecule has 2 N–H and O–H groups in total. The molecule has 0 aromatic heterocycles. The third kappa shape index (κ3) is 5.09. The fourth-order valence-electron chi connectivity index (χ4n) is 4.24. The first kappa shape index (κ1) is 24.9. The van der Waals surface area contributed by atoms with E-state index in [2.05, 4.69) is 0 Å². The standard InChI is InChI=1S/C30H31NO5/c1-31(2)23-13-10-21(11-14-23)24-17-28(34-3)29(25(18-32)30(24)35-4)22-12-15-27(26(33)16-22)36-19-20-8-6-5-7-9-20/h5-17,32-33H,18-19H2,1-4H3. The topological polar surface area (TPSA) is 71.4 Å². The highest BCUT2D eigenvalue weighted by atomic mass is 16.5. The molecule has 6 heteroatoms. The molecule has 0 radical (unpaired) electrons. The summed E-state index contributed by atoms with van der Waals surface area (Å²) in [6.07, 6.45) is 0. The summed E-state index contributed by atoms with van der Waals surface area (Å²) in [7, 11) is 7.15. The molecule has 0 aliphatic heterocycles. The maximum absolute atomic E-state index is 10.7. The monoisotopic (exact) mass is 485 g/mol. The van der Waals surface area contributed by atoms with Gasteiger partial charge in [-0.1, -0.05) is 48.5 Å². The van der Waals surface area contributed by atoms with Gasteiger partial charge in [0.2, 0.25) is 0 Å². The molecule has 0 aliphatic carbocycles. The Morgan fingerprint density at radius 1 is 0.778 bits per heavy atom. The molecule has 0 aliphatic rings. The number of rotatable bonds is 9. The Morgan fingerprint density at radius 2 is 1.47 bits per heavy atom. The molecule has 4 aromatic rings. The van der Waals surface area contributed by atoms with Crippen LogP contribution in [0.4, 0.5) is 5.69 Å². The number of methoxy groups -OCH3 is 2. The van der Waals surface area contributed by atoms with E-state index in [-0.39, 0.29) is 12.4 Å². The van der Waals surface area contributed by atoms with Crippen molar-refractivity contribution < 1.29 is 24.4 Å². The lowest BCUT2D eigenvalue weighted by molar-refractivity contribution is 0.273. The molecular weight excluding hydrogens is 454 g/mol. The largest absolute Gasteiger partial charge is 0.504 e. The molecule has 0 bridgehead atoms. The van der Waals surface area contributed by atoms with E-state index in [9.17, 15) is 10.2 Å². The minimum Gasteiger partial charge on any atom is -0.504 e. The van der Waals surface area contributed by atoms with Crippen molar-refractivity contribution in [2.24, 2.45) is 0 Å². The van der Waals surface area contributed by atoms with Crippen LogP contribution in [0.5, 0.6) is 23.0 Å². The first-order valence-corrected chi connectivity index (χ1v) is 11.6. The molecule has 36 heavy (non-hydrogen) atoms. The van der Waals surface area contributed by atoms with Crippen LogP contribution < -0.4 is 19.1 Å². The predicted molar refractivity (Wildman–Crippen MR) is 143 cm³/mol. The van der Waals surface area contributed by atoms with Crippen LogP contribution in [0.1, 0.15) is 11.1 Å². The van der Waals surface area contributed by atoms with Crippen LogP contribution in [0.2, 0.25) is 0 Å². The Morgan fingerprint density at radius 3 is 2.06 bits per heavy atom. The zero-order valence-electron chi connectivity index (χ0n) is 21.0. The van der Waals surface area contributed by atoms with Crippen molar-refractivity contribution in [3.8, 4) is 45.3 Å². The van der Waals surface area contributed by atoms with Crippen LogP contribution in [-0.4, -0.2) is 38.5 Å². The molecule has 4 rings (SSSR count). The van der Waals surface area contributed by atoms with Gasteiger partial charge < -0.3 is 29.3 Å². The van der Waals surface area contributed by atoms with Crippen LogP contribution >= 0.6 is 0 Å². The van der Waals surface area contributed by atoms with E-state index < -0.39 is 0 Å². The highest BCUT2D eigenvalue weighted by Gasteiger charge is 2.22. The zero-order valence-corrected chi connectivity index (χ0v) is 21.0. The third-order valence-electron chi connectivity index (χ3n) is 6.10. The first-order chi connectivity index (χ1) is 17.5. The summed E-state index contributed by atoms with van der Waals surface area (Å²) in [5.74, 6) is 1.48. The first-order valence-electron chi connectivity index (χ1n) is 11.6. The van der Waals surface area contributed by atoms with Crippen molar-refractivity contribution in [3.05, 3.63) is 90.0 Å². The number of phenols is 1.